The average molecular weight is 381 g/mol. The van der Waals surface area contributed by atoms with Crippen molar-refractivity contribution in [3.8, 4) is 11.1 Å². The first kappa shape index (κ1) is 16.8. The fourth-order valence-corrected chi connectivity index (χ4v) is 5.55. The van der Waals surface area contributed by atoms with Gasteiger partial charge in [0.05, 0.1) is 4.70 Å². The average Bonchev–Trinajstić information content (AvgIpc) is 3.13. The van der Waals surface area contributed by atoms with Crippen LogP contribution >= 0.6 is 11.5 Å². The van der Waals surface area contributed by atoms with Gasteiger partial charge in [-0.15, -0.1) is 0 Å². The summed E-state index contributed by atoms with van der Waals surface area (Å²) in [7, 11) is 0. The number of hydrogen-bond acceptors (Lipinski definition) is 4. The van der Waals surface area contributed by atoms with Gasteiger partial charge in [-0.1, -0.05) is 18.2 Å². The minimum absolute atomic E-state index is 0.244. The molecule has 3 aliphatic rings. The first-order valence-electron chi connectivity index (χ1n) is 9.31. The quantitative estimate of drug-likeness (QED) is 0.746. The topological polar surface area (TPSA) is 59.2 Å². The van der Waals surface area contributed by atoms with E-state index in [2.05, 4.69) is 15.3 Å². The maximum Gasteiger partial charge on any atom is 0.269 e. The van der Waals surface area contributed by atoms with E-state index in [-0.39, 0.29) is 5.82 Å². The van der Waals surface area contributed by atoms with Crippen molar-refractivity contribution in [3.05, 3.63) is 53.5 Å². The summed E-state index contributed by atoms with van der Waals surface area (Å²) in [5.74, 6) is 0.289. The molecule has 3 aliphatic heterocycles. The lowest BCUT2D eigenvalue weighted by Gasteiger charge is -2.45. The molecule has 3 aromatic rings. The SMILES string of the molecule is NC(=O)c1nsc2cc(-c3ccc(F)cc3)cc(C3CN4CCC3CC4)c12. The van der Waals surface area contributed by atoms with Gasteiger partial charge in [0, 0.05) is 17.8 Å². The molecule has 3 fully saturated rings. The summed E-state index contributed by atoms with van der Waals surface area (Å²) in [5.41, 5.74) is 9.17. The molecule has 2 bridgehead atoms. The predicted octanol–water partition coefficient (Wildman–Crippen LogP) is 4.01. The standard InChI is InChI=1S/C21H20FN3OS/c22-15-3-1-12(2-4-15)14-9-16(17-11-25-7-5-13(17)6-8-25)19-18(10-14)27-24-20(19)21(23)26/h1-4,9-10,13,17H,5-8,11H2,(H2,23,26). The second-order valence-electron chi connectivity index (χ2n) is 7.59. The molecule has 0 saturated carbocycles. The lowest BCUT2D eigenvalue weighted by molar-refractivity contribution is 0.0876. The molecule has 2 N–H and O–H groups in total. The smallest absolute Gasteiger partial charge is 0.269 e. The molecule has 0 radical (unpaired) electrons. The van der Waals surface area contributed by atoms with E-state index in [1.54, 1.807) is 12.1 Å². The van der Waals surface area contributed by atoms with Crippen LogP contribution in [-0.2, 0) is 0 Å². The largest absolute Gasteiger partial charge is 0.364 e. The van der Waals surface area contributed by atoms with Gasteiger partial charge in [0.2, 0.25) is 0 Å². The molecule has 4 heterocycles. The third kappa shape index (κ3) is 2.84. The molecule has 0 aliphatic carbocycles. The molecule has 1 atom stereocenters. The van der Waals surface area contributed by atoms with Gasteiger partial charge >= 0.3 is 0 Å². The zero-order chi connectivity index (χ0) is 18.5. The van der Waals surface area contributed by atoms with Gasteiger partial charge in [0.25, 0.3) is 5.91 Å². The molecule has 6 heteroatoms. The summed E-state index contributed by atoms with van der Waals surface area (Å²) in [6, 6.07) is 10.8. The summed E-state index contributed by atoms with van der Waals surface area (Å²) in [6.45, 7) is 3.33. The van der Waals surface area contributed by atoms with Gasteiger partial charge in [-0.05, 0) is 78.3 Å². The molecular formula is C21H20FN3OS. The molecule has 1 unspecified atom stereocenters. The minimum atomic E-state index is -0.474. The predicted molar refractivity (Wildman–Crippen MR) is 105 cm³/mol. The molecule has 4 nitrogen and oxygen atoms in total. The van der Waals surface area contributed by atoms with Gasteiger partial charge in [-0.2, -0.15) is 4.37 Å². The van der Waals surface area contributed by atoms with Crippen LogP contribution < -0.4 is 5.73 Å². The maximum atomic E-state index is 13.4. The monoisotopic (exact) mass is 381 g/mol. The summed E-state index contributed by atoms with van der Waals surface area (Å²) in [4.78, 5) is 14.5. The number of piperidine rings is 3. The molecule has 27 heavy (non-hydrogen) atoms. The van der Waals surface area contributed by atoms with Crippen LogP contribution in [0.4, 0.5) is 4.39 Å². The number of carbonyl (C=O) groups excluding carboxylic acids is 1. The van der Waals surface area contributed by atoms with Crippen molar-refractivity contribution in [1.29, 1.82) is 0 Å². The van der Waals surface area contributed by atoms with E-state index < -0.39 is 5.91 Å². The van der Waals surface area contributed by atoms with Crippen molar-refractivity contribution in [3.63, 3.8) is 0 Å². The van der Waals surface area contributed by atoms with Gasteiger partial charge in [-0.3, -0.25) is 4.79 Å². The zero-order valence-electron chi connectivity index (χ0n) is 14.8. The Bertz CT molecular complexity index is 1020. The summed E-state index contributed by atoms with van der Waals surface area (Å²) in [6.07, 6.45) is 2.38. The Hall–Kier alpha value is -2.31. The van der Waals surface area contributed by atoms with Gasteiger partial charge in [-0.25, -0.2) is 4.39 Å². The lowest BCUT2D eigenvalue weighted by atomic mass is 9.74. The van der Waals surface area contributed by atoms with E-state index in [9.17, 15) is 9.18 Å². The molecule has 0 spiro atoms. The van der Waals surface area contributed by atoms with E-state index in [4.69, 9.17) is 5.73 Å². The molecule has 6 rings (SSSR count). The molecule has 138 valence electrons. The third-order valence-electron chi connectivity index (χ3n) is 6.07. The molecule has 3 saturated heterocycles. The van der Waals surface area contributed by atoms with Crippen LogP contribution in [0.1, 0.15) is 34.8 Å². The molecule has 2 aromatic carbocycles. The number of nitrogens with two attached hydrogens (primary N) is 1. The number of nitrogens with zero attached hydrogens (tertiary/aromatic N) is 2. The number of aromatic nitrogens is 1. The van der Waals surface area contributed by atoms with E-state index in [1.807, 2.05) is 6.07 Å². The van der Waals surface area contributed by atoms with Gasteiger partial charge < -0.3 is 10.6 Å². The highest BCUT2D eigenvalue weighted by Crippen LogP contribution is 2.44. The van der Waals surface area contributed by atoms with Crippen LogP contribution in [0, 0.1) is 11.7 Å². The Morgan fingerprint density at radius 3 is 2.52 bits per heavy atom. The van der Waals surface area contributed by atoms with Crippen molar-refractivity contribution in [2.45, 2.75) is 18.8 Å². The van der Waals surface area contributed by atoms with Crippen molar-refractivity contribution >= 4 is 27.5 Å². The highest BCUT2D eigenvalue weighted by Gasteiger charge is 2.36. The van der Waals surface area contributed by atoms with E-state index >= 15 is 0 Å². The zero-order valence-corrected chi connectivity index (χ0v) is 15.6. The molecule has 1 amide bonds. The van der Waals surface area contributed by atoms with E-state index in [1.165, 1.54) is 42.1 Å². The maximum absolute atomic E-state index is 13.4. The number of hydrogen-bond donors (Lipinski definition) is 1. The summed E-state index contributed by atoms with van der Waals surface area (Å²) >= 11 is 1.31. The Morgan fingerprint density at radius 1 is 1.15 bits per heavy atom. The van der Waals surface area contributed by atoms with Crippen LogP contribution in [-0.4, -0.2) is 34.8 Å². The van der Waals surface area contributed by atoms with Crippen molar-refractivity contribution in [2.75, 3.05) is 19.6 Å². The number of benzene rings is 2. The number of fused-ring (bicyclic) bond motifs is 4. The fraction of sp³-hybridized carbons (Fsp3) is 0.333. The summed E-state index contributed by atoms with van der Waals surface area (Å²) in [5, 5.41) is 0.914. The number of carbonyl (C=O) groups is 1. The van der Waals surface area contributed by atoms with E-state index in [0.29, 0.717) is 17.5 Å². The molecule has 1 aromatic heterocycles. The number of rotatable bonds is 3. The lowest BCUT2D eigenvalue weighted by Crippen LogP contribution is -2.46. The van der Waals surface area contributed by atoms with Gasteiger partial charge in [0.15, 0.2) is 0 Å². The third-order valence-corrected chi connectivity index (χ3v) is 6.86. The van der Waals surface area contributed by atoms with Crippen molar-refractivity contribution < 1.29 is 9.18 Å². The van der Waals surface area contributed by atoms with Gasteiger partial charge in [0.1, 0.15) is 11.5 Å². The second-order valence-corrected chi connectivity index (χ2v) is 8.39. The number of primary amides is 1. The van der Waals surface area contributed by atoms with E-state index in [0.717, 1.165) is 40.8 Å². The first-order chi connectivity index (χ1) is 13.1. The van der Waals surface area contributed by atoms with Crippen molar-refractivity contribution in [1.82, 2.24) is 9.27 Å². The van der Waals surface area contributed by atoms with Crippen molar-refractivity contribution in [2.24, 2.45) is 11.7 Å². The van der Waals surface area contributed by atoms with Crippen LogP contribution in [0.2, 0.25) is 0 Å². The normalized spacial score (nSPS) is 24.4. The van der Waals surface area contributed by atoms with Crippen LogP contribution in [0.5, 0.6) is 0 Å². The van der Waals surface area contributed by atoms with Crippen LogP contribution in [0.3, 0.4) is 0 Å². The molecular weight excluding hydrogens is 361 g/mol. The number of halogens is 1. The number of amides is 1. The summed E-state index contributed by atoms with van der Waals surface area (Å²) < 4.78 is 18.7. The Balaban J connectivity index is 1.71. The Kier molecular flexibility index (Phi) is 3.98. The second kappa shape index (κ2) is 6.39. The Labute approximate surface area is 161 Å². The Morgan fingerprint density at radius 2 is 1.89 bits per heavy atom. The highest BCUT2D eigenvalue weighted by molar-refractivity contribution is 7.13. The minimum Gasteiger partial charge on any atom is -0.364 e. The first-order valence-corrected chi connectivity index (χ1v) is 10.1. The fourth-order valence-electron chi connectivity index (χ4n) is 4.69. The highest BCUT2D eigenvalue weighted by atomic mass is 32.1. The van der Waals surface area contributed by atoms with Crippen LogP contribution in [0.25, 0.3) is 21.2 Å². The van der Waals surface area contributed by atoms with Crippen LogP contribution in [0.15, 0.2) is 36.4 Å².